The first-order valence-electron chi connectivity index (χ1n) is 8.07. The molecule has 1 aromatic carbocycles. The quantitative estimate of drug-likeness (QED) is 0.609. The van der Waals surface area contributed by atoms with Gasteiger partial charge in [-0.3, -0.25) is 0 Å². The van der Waals surface area contributed by atoms with Gasteiger partial charge in [0.1, 0.15) is 18.0 Å². The molecule has 3 heterocycles. The highest BCUT2D eigenvalue weighted by Crippen LogP contribution is 2.41. The maximum atomic E-state index is 13.9. The molecule has 1 aliphatic heterocycles. The number of nitrogens with zero attached hydrogens (tertiary/aromatic N) is 4. The zero-order chi connectivity index (χ0) is 17.1. The van der Waals surface area contributed by atoms with Crippen LogP contribution in [0.5, 0.6) is 0 Å². The monoisotopic (exact) mass is 336 g/mol. The fraction of sp³-hybridized carbons (Fsp3) is 0.222. The van der Waals surface area contributed by atoms with Gasteiger partial charge in [0, 0.05) is 29.7 Å². The van der Waals surface area contributed by atoms with Crippen molar-refractivity contribution in [1.82, 2.24) is 19.5 Å². The second-order valence-electron chi connectivity index (χ2n) is 6.43. The van der Waals surface area contributed by atoms with Crippen LogP contribution in [0.4, 0.5) is 4.39 Å². The van der Waals surface area contributed by atoms with Crippen LogP contribution in [0.3, 0.4) is 0 Å². The van der Waals surface area contributed by atoms with E-state index >= 15 is 0 Å². The molecule has 1 fully saturated rings. The summed E-state index contributed by atoms with van der Waals surface area (Å²) >= 11 is 0. The van der Waals surface area contributed by atoms with E-state index in [2.05, 4.69) is 9.97 Å². The maximum Gasteiger partial charge on any atom is 0.356 e. The van der Waals surface area contributed by atoms with Crippen molar-refractivity contribution in [1.29, 1.82) is 0 Å². The van der Waals surface area contributed by atoms with E-state index in [1.807, 2.05) is 0 Å². The number of benzene rings is 1. The molecule has 0 unspecified atom stereocenters. The van der Waals surface area contributed by atoms with Gasteiger partial charge in [0.05, 0.1) is 17.1 Å². The summed E-state index contributed by atoms with van der Waals surface area (Å²) < 4.78 is 15.6. The van der Waals surface area contributed by atoms with Crippen molar-refractivity contribution in [3.05, 3.63) is 59.3 Å². The Bertz CT molecular complexity index is 1040. The summed E-state index contributed by atoms with van der Waals surface area (Å²) in [5.74, 6) is -0.299. The minimum Gasteiger partial charge on any atom is -0.476 e. The Kier molecular flexibility index (Phi) is 2.83. The van der Waals surface area contributed by atoms with Gasteiger partial charge in [-0.25, -0.2) is 24.1 Å². The number of hydrogen-bond donors (Lipinski definition) is 1. The van der Waals surface area contributed by atoms with Crippen LogP contribution in [0, 0.1) is 5.82 Å². The van der Waals surface area contributed by atoms with Gasteiger partial charge in [-0.05, 0) is 31.0 Å². The van der Waals surface area contributed by atoms with Gasteiger partial charge in [0.25, 0.3) is 0 Å². The molecule has 0 atom stereocenters. The third kappa shape index (κ3) is 2.15. The number of aromatic nitrogens is 4. The zero-order valence-electron chi connectivity index (χ0n) is 13.1. The van der Waals surface area contributed by atoms with Crippen molar-refractivity contribution < 1.29 is 14.3 Å². The molecule has 0 amide bonds. The summed E-state index contributed by atoms with van der Waals surface area (Å²) in [5.41, 5.74) is 3.30. The van der Waals surface area contributed by atoms with Crippen LogP contribution >= 0.6 is 0 Å². The van der Waals surface area contributed by atoms with Gasteiger partial charge < -0.3 is 9.67 Å². The second-order valence-corrected chi connectivity index (χ2v) is 6.43. The molecule has 2 aliphatic rings. The van der Waals surface area contributed by atoms with Crippen LogP contribution in [0.15, 0.2) is 30.7 Å². The van der Waals surface area contributed by atoms with Crippen LogP contribution in [0.1, 0.15) is 46.3 Å². The van der Waals surface area contributed by atoms with Crippen molar-refractivity contribution in [2.24, 2.45) is 0 Å². The number of carboxylic acids is 1. The molecule has 0 radical (unpaired) electrons. The highest BCUT2D eigenvalue weighted by molar-refractivity contribution is 5.88. The van der Waals surface area contributed by atoms with E-state index < -0.39 is 5.97 Å². The maximum absolute atomic E-state index is 13.9. The Morgan fingerprint density at radius 3 is 2.88 bits per heavy atom. The van der Waals surface area contributed by atoms with Gasteiger partial charge in [-0.1, -0.05) is 0 Å². The van der Waals surface area contributed by atoms with Gasteiger partial charge in [0.15, 0.2) is 5.69 Å². The lowest BCUT2D eigenvalue weighted by atomic mass is 10.0. The number of aromatic carboxylic acids is 1. The lowest BCUT2D eigenvalue weighted by Gasteiger charge is -2.10. The van der Waals surface area contributed by atoms with Crippen molar-refractivity contribution >= 4 is 5.97 Å². The smallest absolute Gasteiger partial charge is 0.356 e. The Labute approximate surface area is 142 Å². The Morgan fingerprint density at radius 2 is 2.12 bits per heavy atom. The third-order valence-electron chi connectivity index (χ3n) is 4.73. The molecule has 1 N–H and O–H groups in total. The number of rotatable bonds is 2. The van der Waals surface area contributed by atoms with Gasteiger partial charge in [-0.2, -0.15) is 0 Å². The van der Waals surface area contributed by atoms with E-state index in [-0.39, 0.29) is 11.5 Å². The molecule has 1 saturated carbocycles. The zero-order valence-corrected chi connectivity index (χ0v) is 13.1. The van der Waals surface area contributed by atoms with E-state index in [0.29, 0.717) is 35.0 Å². The highest BCUT2D eigenvalue weighted by atomic mass is 19.1. The van der Waals surface area contributed by atoms with E-state index in [0.717, 1.165) is 24.2 Å². The molecule has 5 rings (SSSR count). The molecule has 0 saturated heterocycles. The summed E-state index contributed by atoms with van der Waals surface area (Å²) in [4.78, 5) is 24.7. The minimum atomic E-state index is -1.09. The predicted octanol–water partition coefficient (Wildman–Crippen LogP) is 2.95. The lowest BCUT2D eigenvalue weighted by Crippen LogP contribution is -2.06. The van der Waals surface area contributed by atoms with E-state index in [9.17, 15) is 14.3 Å². The minimum absolute atomic E-state index is 0.00519. The molecular weight excluding hydrogens is 323 g/mol. The standard InChI is InChI=1S/C18H13FN4O2/c19-11-3-4-13-12(6-11)15-10(7-20-17(22-15)9-1-2-9)5-14-16(18(24)25)21-8-23(13)14/h3-4,6-9H,1-2,5H2,(H,24,25). The fourth-order valence-corrected chi connectivity index (χ4v) is 3.34. The summed E-state index contributed by atoms with van der Waals surface area (Å²) in [5, 5.41) is 9.42. The number of halogens is 1. The average Bonchev–Trinajstić information content (AvgIpc) is 3.37. The summed E-state index contributed by atoms with van der Waals surface area (Å²) in [6, 6.07) is 4.43. The summed E-state index contributed by atoms with van der Waals surface area (Å²) in [7, 11) is 0. The first kappa shape index (κ1) is 14.3. The first-order valence-corrected chi connectivity index (χ1v) is 8.07. The van der Waals surface area contributed by atoms with Gasteiger partial charge in [-0.15, -0.1) is 0 Å². The van der Waals surface area contributed by atoms with Crippen LogP contribution in [-0.4, -0.2) is 30.6 Å². The van der Waals surface area contributed by atoms with E-state index in [4.69, 9.17) is 4.98 Å². The second kappa shape index (κ2) is 4.95. The number of imidazole rings is 1. The average molecular weight is 336 g/mol. The highest BCUT2D eigenvalue weighted by Gasteiger charge is 2.30. The first-order chi connectivity index (χ1) is 12.1. The number of carboxylic acid groups (broad SMARTS) is 1. The van der Waals surface area contributed by atoms with Crippen molar-refractivity contribution in [2.45, 2.75) is 25.2 Å². The summed E-state index contributed by atoms with van der Waals surface area (Å²) in [6.45, 7) is 0. The van der Waals surface area contributed by atoms with Crippen molar-refractivity contribution in [2.75, 3.05) is 0 Å². The number of carbonyl (C=O) groups is 1. The van der Waals surface area contributed by atoms with Crippen LogP contribution in [0.2, 0.25) is 0 Å². The van der Waals surface area contributed by atoms with Crippen LogP contribution in [-0.2, 0) is 6.42 Å². The molecule has 0 bridgehead atoms. The molecule has 1 aliphatic carbocycles. The molecule has 124 valence electrons. The Hall–Kier alpha value is -3.09. The van der Waals surface area contributed by atoms with Crippen molar-refractivity contribution in [3.8, 4) is 16.9 Å². The van der Waals surface area contributed by atoms with Gasteiger partial charge in [0.2, 0.25) is 0 Å². The van der Waals surface area contributed by atoms with Crippen molar-refractivity contribution in [3.63, 3.8) is 0 Å². The normalized spacial score (nSPS) is 15.1. The SMILES string of the molecule is O=C(O)c1ncn2c1Cc1cnc(C3CC3)nc1-c1cc(F)ccc1-2. The number of fused-ring (bicyclic) bond motifs is 5. The van der Waals surface area contributed by atoms with Crippen LogP contribution < -0.4 is 0 Å². The molecule has 6 nitrogen and oxygen atoms in total. The molecule has 2 aromatic heterocycles. The van der Waals surface area contributed by atoms with Crippen LogP contribution in [0.25, 0.3) is 16.9 Å². The van der Waals surface area contributed by atoms with E-state index in [1.54, 1.807) is 16.8 Å². The molecule has 0 spiro atoms. The molecular formula is C18H13FN4O2. The largest absolute Gasteiger partial charge is 0.476 e. The number of hydrogen-bond acceptors (Lipinski definition) is 4. The van der Waals surface area contributed by atoms with E-state index in [1.165, 1.54) is 18.5 Å². The predicted molar refractivity (Wildman–Crippen MR) is 86.3 cm³/mol. The molecule has 3 aromatic rings. The Morgan fingerprint density at radius 1 is 1.28 bits per heavy atom. The fourth-order valence-electron chi connectivity index (χ4n) is 3.34. The third-order valence-corrected chi connectivity index (χ3v) is 4.73. The lowest BCUT2D eigenvalue weighted by molar-refractivity contribution is 0.0690. The Balaban J connectivity index is 1.81. The molecule has 25 heavy (non-hydrogen) atoms. The molecule has 7 heteroatoms. The van der Waals surface area contributed by atoms with Gasteiger partial charge >= 0.3 is 5.97 Å². The topological polar surface area (TPSA) is 80.9 Å². The summed E-state index contributed by atoms with van der Waals surface area (Å²) in [6.07, 6.45) is 5.68.